The number of nitrogen functional groups attached to an aromatic ring is 2. The third kappa shape index (κ3) is 8.05. The number of carboxylic acids is 1. The molecule has 3 rings (SSSR count). The Morgan fingerprint density at radius 1 is 1.06 bits per heavy atom. The molecular formula is C28H36N2O5. The van der Waals surface area contributed by atoms with Crippen LogP contribution in [0.1, 0.15) is 66.9 Å². The van der Waals surface area contributed by atoms with Crippen molar-refractivity contribution in [1.29, 1.82) is 0 Å². The maximum atomic E-state index is 12.1. The largest absolute Gasteiger partial charge is 0.493 e. The summed E-state index contributed by atoms with van der Waals surface area (Å²) in [7, 11) is 0. The van der Waals surface area contributed by atoms with Gasteiger partial charge in [0.1, 0.15) is 5.75 Å². The molecule has 5 N–H and O–H groups in total. The predicted octanol–water partition coefficient (Wildman–Crippen LogP) is 5.33. The topological polar surface area (TPSA) is 125 Å². The molecule has 1 fully saturated rings. The molecule has 0 aliphatic heterocycles. The van der Waals surface area contributed by atoms with Crippen LogP contribution in [0.3, 0.4) is 0 Å². The van der Waals surface area contributed by atoms with Crippen molar-refractivity contribution in [3.63, 3.8) is 0 Å². The van der Waals surface area contributed by atoms with Crippen LogP contribution in [0.4, 0.5) is 11.4 Å². The number of carbonyl (C=O) groups excluding carboxylic acids is 1. The smallest absolute Gasteiger partial charge is 0.336 e. The summed E-state index contributed by atoms with van der Waals surface area (Å²) in [6, 6.07) is 10.4. The van der Waals surface area contributed by atoms with Gasteiger partial charge in [0.2, 0.25) is 0 Å². The molecule has 1 saturated carbocycles. The number of ether oxygens (including phenoxy) is 2. The number of rotatable bonds is 11. The van der Waals surface area contributed by atoms with Crippen LogP contribution in [0.15, 0.2) is 42.5 Å². The Bertz CT molecular complexity index is 1020. The minimum Gasteiger partial charge on any atom is -0.493 e. The van der Waals surface area contributed by atoms with E-state index in [0.29, 0.717) is 11.5 Å². The Hall–Kier alpha value is -3.48. The lowest BCUT2D eigenvalue weighted by molar-refractivity contribution is -0.137. The van der Waals surface area contributed by atoms with E-state index in [1.54, 1.807) is 6.08 Å². The number of carboxylic acid groups (broad SMARTS) is 1. The van der Waals surface area contributed by atoms with Crippen LogP contribution in [0.2, 0.25) is 0 Å². The summed E-state index contributed by atoms with van der Waals surface area (Å²) < 4.78 is 11.2. The van der Waals surface area contributed by atoms with E-state index in [4.69, 9.17) is 20.9 Å². The number of esters is 1. The van der Waals surface area contributed by atoms with Gasteiger partial charge < -0.3 is 26.0 Å². The van der Waals surface area contributed by atoms with Gasteiger partial charge in [-0.3, -0.25) is 0 Å². The van der Waals surface area contributed by atoms with Crippen molar-refractivity contribution >= 4 is 29.4 Å². The first-order chi connectivity index (χ1) is 16.9. The van der Waals surface area contributed by atoms with E-state index >= 15 is 0 Å². The summed E-state index contributed by atoms with van der Waals surface area (Å²) in [4.78, 5) is 23.5. The van der Waals surface area contributed by atoms with Gasteiger partial charge in [0.25, 0.3) is 0 Å². The average molecular weight is 481 g/mol. The second kappa shape index (κ2) is 12.8. The Labute approximate surface area is 207 Å². The second-order valence-electron chi connectivity index (χ2n) is 9.25. The van der Waals surface area contributed by atoms with Gasteiger partial charge in [-0.1, -0.05) is 44.7 Å². The molecule has 7 nitrogen and oxygen atoms in total. The normalized spacial score (nSPS) is 17.9. The summed E-state index contributed by atoms with van der Waals surface area (Å²) >= 11 is 0. The van der Waals surface area contributed by atoms with Crippen LogP contribution in [-0.4, -0.2) is 30.3 Å². The Kier molecular flexibility index (Phi) is 9.58. The highest BCUT2D eigenvalue weighted by Crippen LogP contribution is 2.32. The monoisotopic (exact) mass is 480 g/mol. The highest BCUT2D eigenvalue weighted by atomic mass is 16.5. The first-order valence-corrected chi connectivity index (χ1v) is 12.3. The average Bonchev–Trinajstić information content (AvgIpc) is 2.84. The molecule has 35 heavy (non-hydrogen) atoms. The molecule has 2 aromatic carbocycles. The minimum absolute atomic E-state index is 0.00467. The molecule has 7 heteroatoms. The SMILES string of the molecule is CCCC1CCC(COc2ccc(C=CC(=O)OCCc3c(N)cc(N)cc3C(=O)O)cc2)CC1. The maximum absolute atomic E-state index is 12.1. The van der Waals surface area contributed by atoms with E-state index in [1.807, 2.05) is 24.3 Å². The minimum atomic E-state index is -1.13. The van der Waals surface area contributed by atoms with Crippen molar-refractivity contribution in [2.75, 3.05) is 24.7 Å². The summed E-state index contributed by atoms with van der Waals surface area (Å²) in [5.74, 6) is 0.710. The van der Waals surface area contributed by atoms with Crippen LogP contribution in [0.25, 0.3) is 6.08 Å². The van der Waals surface area contributed by atoms with Crippen molar-refractivity contribution in [3.05, 3.63) is 59.2 Å². The zero-order valence-corrected chi connectivity index (χ0v) is 20.4. The van der Waals surface area contributed by atoms with Crippen molar-refractivity contribution in [3.8, 4) is 5.75 Å². The molecule has 188 valence electrons. The number of anilines is 2. The van der Waals surface area contributed by atoms with Gasteiger partial charge in [-0.15, -0.1) is 0 Å². The van der Waals surface area contributed by atoms with Crippen LogP contribution >= 0.6 is 0 Å². The molecule has 1 aliphatic rings. The molecule has 0 spiro atoms. The fourth-order valence-corrected chi connectivity index (χ4v) is 4.64. The Balaban J connectivity index is 1.42. The van der Waals surface area contributed by atoms with Gasteiger partial charge in [-0.25, -0.2) is 9.59 Å². The van der Waals surface area contributed by atoms with E-state index in [-0.39, 0.29) is 30.0 Å². The first-order valence-electron chi connectivity index (χ1n) is 12.3. The summed E-state index contributed by atoms with van der Waals surface area (Å²) in [5.41, 5.74) is 13.4. The second-order valence-corrected chi connectivity index (χ2v) is 9.25. The molecule has 0 heterocycles. The van der Waals surface area contributed by atoms with Crippen LogP contribution in [-0.2, 0) is 16.0 Å². The highest BCUT2D eigenvalue weighted by molar-refractivity contribution is 5.92. The van der Waals surface area contributed by atoms with Crippen molar-refractivity contribution < 1.29 is 24.2 Å². The van der Waals surface area contributed by atoms with Crippen molar-refractivity contribution in [1.82, 2.24) is 0 Å². The van der Waals surface area contributed by atoms with E-state index in [2.05, 4.69) is 6.92 Å². The third-order valence-corrected chi connectivity index (χ3v) is 6.57. The van der Waals surface area contributed by atoms with E-state index in [9.17, 15) is 14.7 Å². The zero-order chi connectivity index (χ0) is 25.2. The number of carbonyl (C=O) groups is 2. The van der Waals surface area contributed by atoms with Crippen molar-refractivity contribution in [2.24, 2.45) is 11.8 Å². The molecule has 0 atom stereocenters. The lowest BCUT2D eigenvalue weighted by Crippen LogP contribution is -2.20. The van der Waals surface area contributed by atoms with Gasteiger partial charge >= 0.3 is 11.9 Å². The molecule has 0 bridgehead atoms. The predicted molar refractivity (Wildman–Crippen MR) is 138 cm³/mol. The number of benzene rings is 2. The van der Waals surface area contributed by atoms with Gasteiger partial charge in [-0.05, 0) is 66.1 Å². The Morgan fingerprint density at radius 2 is 1.74 bits per heavy atom. The lowest BCUT2D eigenvalue weighted by Gasteiger charge is -2.28. The molecule has 0 saturated heterocycles. The third-order valence-electron chi connectivity index (χ3n) is 6.57. The number of aromatic carboxylic acids is 1. The van der Waals surface area contributed by atoms with E-state index in [1.165, 1.54) is 56.7 Å². The summed E-state index contributed by atoms with van der Waals surface area (Å²) in [5, 5.41) is 9.34. The van der Waals surface area contributed by atoms with E-state index < -0.39 is 11.9 Å². The summed E-state index contributed by atoms with van der Waals surface area (Å²) in [6.07, 6.45) is 10.9. The van der Waals surface area contributed by atoms with Crippen LogP contribution < -0.4 is 16.2 Å². The summed E-state index contributed by atoms with van der Waals surface area (Å²) in [6.45, 7) is 3.02. The van der Waals surface area contributed by atoms with Crippen LogP contribution in [0.5, 0.6) is 5.75 Å². The lowest BCUT2D eigenvalue weighted by atomic mass is 9.80. The number of hydrogen-bond donors (Lipinski definition) is 3. The van der Waals surface area contributed by atoms with E-state index in [0.717, 1.165) is 23.8 Å². The molecule has 0 radical (unpaired) electrons. The zero-order valence-electron chi connectivity index (χ0n) is 20.4. The molecule has 0 unspecified atom stereocenters. The molecule has 1 aliphatic carbocycles. The van der Waals surface area contributed by atoms with Gasteiger partial charge in [0.05, 0.1) is 18.8 Å². The first kappa shape index (κ1) is 26.1. The standard InChI is InChI=1S/C28H36N2O5/c1-2-3-19-4-6-21(7-5-19)18-35-23-11-8-20(9-12-23)10-13-27(31)34-15-14-24-25(28(32)33)16-22(29)17-26(24)30/h8-13,16-17,19,21H,2-7,14-15,18,29-30H2,1H3,(H,32,33). The van der Waals surface area contributed by atoms with Crippen molar-refractivity contribution in [2.45, 2.75) is 51.9 Å². The molecule has 0 amide bonds. The van der Waals surface area contributed by atoms with Gasteiger partial charge in [0, 0.05) is 23.9 Å². The fraction of sp³-hybridized carbons (Fsp3) is 0.429. The molecule has 0 aromatic heterocycles. The number of nitrogens with two attached hydrogens (primary N) is 2. The Morgan fingerprint density at radius 3 is 2.40 bits per heavy atom. The van der Waals surface area contributed by atoms with Gasteiger partial charge in [-0.2, -0.15) is 0 Å². The molecule has 2 aromatic rings. The number of hydrogen-bond acceptors (Lipinski definition) is 6. The quantitative estimate of drug-likeness (QED) is 0.225. The fourth-order valence-electron chi connectivity index (χ4n) is 4.64. The molecular weight excluding hydrogens is 444 g/mol. The highest BCUT2D eigenvalue weighted by Gasteiger charge is 2.21. The van der Waals surface area contributed by atoms with Gasteiger partial charge in [0.15, 0.2) is 0 Å². The maximum Gasteiger partial charge on any atom is 0.336 e. The van der Waals surface area contributed by atoms with Crippen LogP contribution in [0, 0.1) is 11.8 Å².